The summed E-state index contributed by atoms with van der Waals surface area (Å²) in [7, 11) is 2.99. The number of hydrogen-bond donors (Lipinski definition) is 2. The first-order chi connectivity index (χ1) is 12.8. The van der Waals surface area contributed by atoms with Gasteiger partial charge in [0.1, 0.15) is 6.61 Å². The molecule has 0 bridgehead atoms. The summed E-state index contributed by atoms with van der Waals surface area (Å²) in [6.45, 7) is 4.46. The van der Waals surface area contributed by atoms with Crippen LogP contribution in [0.15, 0.2) is 27.9 Å². The van der Waals surface area contributed by atoms with Crippen LogP contribution in [0.1, 0.15) is 25.5 Å². The molecule has 0 saturated heterocycles. The van der Waals surface area contributed by atoms with Crippen LogP contribution >= 0.6 is 15.9 Å². The van der Waals surface area contributed by atoms with Gasteiger partial charge in [-0.2, -0.15) is 0 Å². The predicted molar refractivity (Wildman–Crippen MR) is 102 cm³/mol. The topological polar surface area (TPSA) is 97.3 Å². The number of nitrogens with one attached hydrogen (secondary N) is 1. The standard InChI is InChI=1S/C18H23BrN2O6/c1-5-26-6-7-27-17(23)14-10(2)21(3)18(24)20-15(14)11-8-12(19)16(22)13(9-11)25-4/h8-9,15,22H,5-7H2,1-4H3,(H,20,24). The number of methoxy groups -OCH3 is 1. The first-order valence-electron chi connectivity index (χ1n) is 8.38. The van der Waals surface area contributed by atoms with E-state index >= 15 is 0 Å². The van der Waals surface area contributed by atoms with Crippen molar-refractivity contribution in [1.29, 1.82) is 0 Å². The highest BCUT2D eigenvalue weighted by Gasteiger charge is 2.35. The summed E-state index contributed by atoms with van der Waals surface area (Å²) in [5, 5.41) is 12.8. The van der Waals surface area contributed by atoms with Crippen molar-refractivity contribution in [3.05, 3.63) is 33.4 Å². The first-order valence-corrected chi connectivity index (χ1v) is 9.17. The molecule has 2 rings (SSSR count). The maximum absolute atomic E-state index is 12.7. The SMILES string of the molecule is CCOCCOC(=O)C1=C(C)N(C)C(=O)NC1c1cc(Br)c(O)c(OC)c1. The zero-order valence-corrected chi connectivity index (χ0v) is 17.3. The van der Waals surface area contributed by atoms with Gasteiger partial charge >= 0.3 is 12.0 Å². The zero-order chi connectivity index (χ0) is 20.1. The number of nitrogens with zero attached hydrogens (tertiary/aromatic N) is 1. The van der Waals surface area contributed by atoms with Crippen LogP contribution in [0.2, 0.25) is 0 Å². The van der Waals surface area contributed by atoms with Crippen LogP contribution in [0.3, 0.4) is 0 Å². The molecular weight excluding hydrogens is 420 g/mol. The van der Waals surface area contributed by atoms with E-state index in [0.717, 1.165) is 0 Å². The summed E-state index contributed by atoms with van der Waals surface area (Å²) in [5.41, 5.74) is 1.34. The maximum atomic E-state index is 12.7. The fourth-order valence-electron chi connectivity index (χ4n) is 2.68. The average Bonchev–Trinajstić information content (AvgIpc) is 2.64. The third-order valence-electron chi connectivity index (χ3n) is 4.24. The number of benzene rings is 1. The number of phenols is 1. The minimum Gasteiger partial charge on any atom is -0.503 e. The number of esters is 1. The van der Waals surface area contributed by atoms with E-state index in [1.54, 1.807) is 26.1 Å². The number of amides is 2. The Morgan fingerprint density at radius 1 is 1.37 bits per heavy atom. The van der Waals surface area contributed by atoms with Crippen molar-refractivity contribution in [3.63, 3.8) is 0 Å². The largest absolute Gasteiger partial charge is 0.503 e. The lowest BCUT2D eigenvalue weighted by atomic mass is 9.94. The van der Waals surface area contributed by atoms with Crippen molar-refractivity contribution >= 4 is 27.9 Å². The average molecular weight is 443 g/mol. The van der Waals surface area contributed by atoms with E-state index in [0.29, 0.717) is 34.5 Å². The highest BCUT2D eigenvalue weighted by Crippen LogP contribution is 2.40. The summed E-state index contributed by atoms with van der Waals surface area (Å²) < 4.78 is 16.0. The van der Waals surface area contributed by atoms with Crippen LogP contribution in [0, 0.1) is 0 Å². The molecule has 0 aliphatic carbocycles. The maximum Gasteiger partial charge on any atom is 0.338 e. The van der Waals surface area contributed by atoms with Crippen LogP contribution in [0.5, 0.6) is 11.5 Å². The Bertz CT molecular complexity index is 764. The molecule has 1 atom stereocenters. The summed E-state index contributed by atoms with van der Waals surface area (Å²) >= 11 is 3.26. The first kappa shape index (κ1) is 21.0. The minimum atomic E-state index is -0.751. The Morgan fingerprint density at radius 3 is 2.70 bits per heavy atom. The Morgan fingerprint density at radius 2 is 2.07 bits per heavy atom. The molecule has 2 N–H and O–H groups in total. The van der Waals surface area contributed by atoms with Crippen molar-refractivity contribution in [2.24, 2.45) is 0 Å². The molecule has 0 radical (unpaired) electrons. The predicted octanol–water partition coefficient (Wildman–Crippen LogP) is 2.71. The molecule has 1 aliphatic rings. The number of urea groups is 1. The normalized spacial score (nSPS) is 17.0. The van der Waals surface area contributed by atoms with Gasteiger partial charge in [-0.15, -0.1) is 0 Å². The van der Waals surface area contributed by atoms with Gasteiger partial charge in [-0.3, -0.25) is 0 Å². The van der Waals surface area contributed by atoms with E-state index in [4.69, 9.17) is 14.2 Å². The number of aromatic hydroxyl groups is 1. The molecule has 27 heavy (non-hydrogen) atoms. The van der Waals surface area contributed by atoms with E-state index in [9.17, 15) is 14.7 Å². The molecule has 2 amide bonds. The Kier molecular flexibility index (Phi) is 7.09. The molecule has 0 spiro atoms. The third-order valence-corrected chi connectivity index (χ3v) is 4.85. The monoisotopic (exact) mass is 442 g/mol. The van der Waals surface area contributed by atoms with Crippen LogP contribution in [0.4, 0.5) is 4.79 Å². The van der Waals surface area contributed by atoms with E-state index in [2.05, 4.69) is 21.2 Å². The number of phenolic OH excluding ortho intramolecular Hbond substituents is 1. The van der Waals surface area contributed by atoms with Gasteiger partial charge in [0, 0.05) is 19.4 Å². The van der Waals surface area contributed by atoms with Gasteiger partial charge in [0.25, 0.3) is 0 Å². The van der Waals surface area contributed by atoms with Gasteiger partial charge in [-0.1, -0.05) is 0 Å². The highest BCUT2D eigenvalue weighted by molar-refractivity contribution is 9.10. The lowest BCUT2D eigenvalue weighted by Gasteiger charge is -2.33. The van der Waals surface area contributed by atoms with E-state index in [-0.39, 0.29) is 24.1 Å². The molecule has 0 saturated carbocycles. The fourth-order valence-corrected chi connectivity index (χ4v) is 3.14. The van der Waals surface area contributed by atoms with Gasteiger partial charge in [0.2, 0.25) is 0 Å². The summed E-state index contributed by atoms with van der Waals surface area (Å²) in [4.78, 5) is 26.3. The quantitative estimate of drug-likeness (QED) is 0.497. The van der Waals surface area contributed by atoms with Crippen molar-refractivity contribution in [2.75, 3.05) is 34.0 Å². The number of halogens is 1. The van der Waals surface area contributed by atoms with Crippen molar-refractivity contribution < 1.29 is 28.9 Å². The molecule has 8 nitrogen and oxygen atoms in total. The van der Waals surface area contributed by atoms with Crippen LogP contribution < -0.4 is 10.1 Å². The van der Waals surface area contributed by atoms with Gasteiger partial charge in [-0.25, -0.2) is 9.59 Å². The van der Waals surface area contributed by atoms with Crippen molar-refractivity contribution in [1.82, 2.24) is 10.2 Å². The van der Waals surface area contributed by atoms with Crippen LogP contribution in [0.25, 0.3) is 0 Å². The number of carbonyl (C=O) groups is 2. The van der Waals surface area contributed by atoms with E-state index in [1.807, 2.05) is 6.92 Å². The van der Waals surface area contributed by atoms with Gasteiger partial charge < -0.3 is 29.5 Å². The smallest absolute Gasteiger partial charge is 0.338 e. The van der Waals surface area contributed by atoms with E-state index < -0.39 is 12.0 Å². The number of carbonyl (C=O) groups excluding carboxylic acids is 2. The zero-order valence-electron chi connectivity index (χ0n) is 15.7. The van der Waals surface area contributed by atoms with Gasteiger partial charge in [-0.05, 0) is 47.5 Å². The Labute approximate surface area is 166 Å². The lowest BCUT2D eigenvalue weighted by Crippen LogP contribution is -2.46. The van der Waals surface area contributed by atoms with Crippen molar-refractivity contribution in [3.8, 4) is 11.5 Å². The number of rotatable bonds is 7. The molecule has 1 heterocycles. The number of ether oxygens (including phenoxy) is 3. The summed E-state index contributed by atoms with van der Waals surface area (Å²) in [6.07, 6.45) is 0. The number of hydrogen-bond acceptors (Lipinski definition) is 6. The summed E-state index contributed by atoms with van der Waals surface area (Å²) in [6, 6.07) is 2.08. The molecule has 1 aliphatic heterocycles. The van der Waals surface area contributed by atoms with Crippen LogP contribution in [-0.4, -0.2) is 56.0 Å². The molecule has 1 unspecified atom stereocenters. The molecule has 0 aromatic heterocycles. The second-order valence-electron chi connectivity index (χ2n) is 5.83. The lowest BCUT2D eigenvalue weighted by molar-refractivity contribution is -0.141. The highest BCUT2D eigenvalue weighted by atomic mass is 79.9. The Balaban J connectivity index is 2.42. The molecule has 0 fully saturated rings. The fraction of sp³-hybridized carbons (Fsp3) is 0.444. The molecule has 1 aromatic rings. The van der Waals surface area contributed by atoms with Gasteiger partial charge in [0.15, 0.2) is 11.5 Å². The molecule has 148 valence electrons. The molecule has 9 heteroatoms. The second kappa shape index (κ2) is 9.09. The third kappa shape index (κ3) is 4.54. The van der Waals surface area contributed by atoms with Crippen LogP contribution in [-0.2, 0) is 14.3 Å². The van der Waals surface area contributed by atoms with E-state index in [1.165, 1.54) is 12.0 Å². The van der Waals surface area contributed by atoms with Crippen molar-refractivity contribution in [2.45, 2.75) is 19.9 Å². The Hall–Kier alpha value is -2.26. The minimum absolute atomic E-state index is 0.0675. The molecular formula is C18H23BrN2O6. The number of allylic oxidation sites excluding steroid dienone is 1. The second-order valence-corrected chi connectivity index (χ2v) is 6.68. The van der Waals surface area contributed by atoms with Gasteiger partial charge in [0.05, 0.1) is 29.8 Å². The molecule has 1 aromatic carbocycles. The summed E-state index contributed by atoms with van der Waals surface area (Å²) in [5.74, 6) is -0.400.